The number of sulfonamides is 1. The predicted octanol–water partition coefficient (Wildman–Crippen LogP) is 5.54. The number of aryl methyl sites for hydroxylation is 1. The maximum Gasteiger partial charge on any atom is 0.408 e. The van der Waals surface area contributed by atoms with E-state index in [2.05, 4.69) is 55.7 Å². The first-order valence-electron chi connectivity index (χ1n) is 18.1. The monoisotopic (exact) mass is 688 g/mol. The van der Waals surface area contributed by atoms with E-state index in [1.807, 2.05) is 13.8 Å². The number of carbonyl (C=O) groups excluding carboxylic acids is 3. The van der Waals surface area contributed by atoms with Crippen LogP contribution < -0.4 is 10.6 Å². The van der Waals surface area contributed by atoms with Gasteiger partial charge in [0, 0.05) is 19.6 Å². The largest absolute Gasteiger partial charge is 0.444 e. The van der Waals surface area contributed by atoms with Gasteiger partial charge >= 0.3 is 6.09 Å². The Morgan fingerprint density at radius 3 is 2.27 bits per heavy atom. The summed E-state index contributed by atoms with van der Waals surface area (Å²) in [5.74, 6) is -0.660. The van der Waals surface area contributed by atoms with Gasteiger partial charge in [0.25, 0.3) is 0 Å². The second-order valence-electron chi connectivity index (χ2n) is 15.8. The molecule has 2 heterocycles. The van der Waals surface area contributed by atoms with Gasteiger partial charge in [-0.05, 0) is 106 Å². The van der Waals surface area contributed by atoms with Crippen LogP contribution in [-0.2, 0) is 36.2 Å². The molecule has 2 N–H and O–H groups in total. The predicted molar refractivity (Wildman–Crippen MR) is 189 cm³/mol. The van der Waals surface area contributed by atoms with Crippen LogP contribution in [0.2, 0.25) is 0 Å². The smallest absolute Gasteiger partial charge is 0.408 e. The van der Waals surface area contributed by atoms with Crippen molar-refractivity contribution in [3.8, 4) is 0 Å². The van der Waals surface area contributed by atoms with Crippen LogP contribution in [0.3, 0.4) is 0 Å². The number of hydrogen-bond donors (Lipinski definition) is 2. The van der Waals surface area contributed by atoms with E-state index >= 15 is 0 Å². The number of nitrogens with zero attached hydrogens (tertiary/aromatic N) is 2. The molecule has 1 saturated carbocycles. The van der Waals surface area contributed by atoms with Gasteiger partial charge in [-0.3, -0.25) is 9.59 Å². The van der Waals surface area contributed by atoms with E-state index in [-0.39, 0.29) is 35.4 Å². The number of benzene rings is 1. The van der Waals surface area contributed by atoms with Crippen molar-refractivity contribution in [3.05, 3.63) is 35.4 Å². The summed E-state index contributed by atoms with van der Waals surface area (Å²) in [5, 5.41) is 5.88. The molecule has 0 radical (unpaired) electrons. The van der Waals surface area contributed by atoms with Crippen molar-refractivity contribution in [2.75, 3.05) is 31.9 Å². The Labute approximate surface area is 289 Å². The fraction of sp³-hybridized carbons (Fsp3) is 0.757. The maximum atomic E-state index is 14.2. The van der Waals surface area contributed by atoms with Crippen LogP contribution in [0.5, 0.6) is 0 Å². The van der Waals surface area contributed by atoms with Crippen molar-refractivity contribution >= 4 is 27.9 Å². The normalized spacial score (nSPS) is 27.0. The number of carbonyl (C=O) groups is 3. The van der Waals surface area contributed by atoms with Crippen LogP contribution in [-0.4, -0.2) is 84.6 Å². The standard InChI is InChI=1S/C35H54N4O6S.C2H6/c1-25-14-17-35(33(25,5)6,24-46(43,44)39-21-18-34(19-22-39)16-15-26-11-7-8-12-27(26)34)37-29(40)23-38-20-10-9-13-28(30(38)41)36-31(42)45-32(2,3)4;1-2/h7-8,11-12,25,28H,9-10,13-24H2,1-6H3,(H,36,42)(H,37,40);1-2H3. The number of alkyl carbamates (subject to hydrolysis) is 1. The fourth-order valence-electron chi connectivity index (χ4n) is 8.34. The third-order valence-corrected chi connectivity index (χ3v) is 13.6. The van der Waals surface area contributed by atoms with Crippen molar-refractivity contribution in [1.82, 2.24) is 19.8 Å². The molecule has 11 heteroatoms. The number of likely N-dealkylation sites (tertiary alicyclic amines) is 1. The molecular formula is C37H60N4O6S. The Morgan fingerprint density at radius 2 is 1.65 bits per heavy atom. The van der Waals surface area contributed by atoms with Crippen molar-refractivity contribution in [3.63, 3.8) is 0 Å². The number of fused-ring (bicyclic) bond motifs is 2. The lowest BCUT2D eigenvalue weighted by atomic mass is 9.71. The molecule has 1 spiro atoms. The second kappa shape index (κ2) is 14.7. The van der Waals surface area contributed by atoms with Gasteiger partial charge in [0.05, 0.1) is 17.8 Å². The van der Waals surface area contributed by atoms with Gasteiger partial charge in [0.2, 0.25) is 21.8 Å². The van der Waals surface area contributed by atoms with Gasteiger partial charge in [-0.25, -0.2) is 17.5 Å². The molecule has 1 aromatic rings. The molecule has 2 saturated heterocycles. The number of amides is 3. The summed E-state index contributed by atoms with van der Waals surface area (Å²) in [7, 11) is -3.70. The highest BCUT2D eigenvalue weighted by Gasteiger charge is 2.57. The number of nitrogens with one attached hydrogen (secondary N) is 2. The Kier molecular flexibility index (Phi) is 11.7. The van der Waals surface area contributed by atoms with Gasteiger partial charge in [-0.2, -0.15) is 0 Å². The first-order valence-corrected chi connectivity index (χ1v) is 19.7. The van der Waals surface area contributed by atoms with Crippen molar-refractivity contribution in [1.29, 1.82) is 0 Å². The molecule has 3 fully saturated rings. The molecule has 3 unspecified atom stereocenters. The molecule has 5 rings (SSSR count). The quantitative estimate of drug-likeness (QED) is 0.388. The van der Waals surface area contributed by atoms with E-state index in [9.17, 15) is 22.8 Å². The van der Waals surface area contributed by atoms with E-state index in [0.29, 0.717) is 38.9 Å². The summed E-state index contributed by atoms with van der Waals surface area (Å²) in [6.07, 6.45) is 6.29. The summed E-state index contributed by atoms with van der Waals surface area (Å²) < 4.78 is 35.3. The molecule has 48 heavy (non-hydrogen) atoms. The fourth-order valence-corrected chi connectivity index (χ4v) is 10.5. The number of piperidine rings is 1. The Morgan fingerprint density at radius 1 is 0.979 bits per heavy atom. The molecule has 4 aliphatic rings. The maximum absolute atomic E-state index is 14.2. The highest BCUT2D eigenvalue weighted by molar-refractivity contribution is 7.89. The van der Waals surface area contributed by atoms with E-state index in [4.69, 9.17) is 4.74 Å². The van der Waals surface area contributed by atoms with Crippen molar-refractivity contribution in [2.45, 2.75) is 136 Å². The van der Waals surface area contributed by atoms with Crippen molar-refractivity contribution < 1.29 is 27.5 Å². The average molecular weight is 689 g/mol. The van der Waals surface area contributed by atoms with Crippen LogP contribution in [0, 0.1) is 11.3 Å². The van der Waals surface area contributed by atoms with E-state index in [0.717, 1.165) is 38.5 Å². The zero-order chi connectivity index (χ0) is 35.5. The molecule has 270 valence electrons. The average Bonchev–Trinajstić information content (AvgIpc) is 3.39. The van der Waals surface area contributed by atoms with Gasteiger partial charge in [-0.15, -0.1) is 0 Å². The minimum Gasteiger partial charge on any atom is -0.444 e. The SMILES string of the molecule is CC.CC1CCC(CS(=O)(=O)N2CCC3(CCc4ccccc43)CC2)(NC(=O)CN2CCCCC(NC(=O)OC(C)(C)C)C2=O)C1(C)C. The summed E-state index contributed by atoms with van der Waals surface area (Å²) in [6, 6.07) is 7.79. The molecule has 1 aromatic carbocycles. The van der Waals surface area contributed by atoms with Gasteiger partial charge in [0.15, 0.2) is 0 Å². The summed E-state index contributed by atoms with van der Waals surface area (Å²) >= 11 is 0. The molecule has 0 aromatic heterocycles. The summed E-state index contributed by atoms with van der Waals surface area (Å²) in [6.45, 7) is 16.7. The lowest BCUT2D eigenvalue weighted by Crippen LogP contribution is -2.63. The zero-order valence-corrected chi connectivity index (χ0v) is 31.4. The van der Waals surface area contributed by atoms with Crippen LogP contribution >= 0.6 is 0 Å². The molecule has 2 aliphatic heterocycles. The van der Waals surface area contributed by atoms with Gasteiger partial charge in [-0.1, -0.05) is 58.9 Å². The highest BCUT2D eigenvalue weighted by atomic mass is 32.2. The van der Waals surface area contributed by atoms with Crippen LogP contribution in [0.25, 0.3) is 0 Å². The van der Waals surface area contributed by atoms with Gasteiger partial charge in [0.1, 0.15) is 11.6 Å². The summed E-state index contributed by atoms with van der Waals surface area (Å²) in [5.41, 5.74) is 0.659. The van der Waals surface area contributed by atoms with E-state index in [1.54, 1.807) is 25.1 Å². The molecule has 0 bridgehead atoms. The molecule has 10 nitrogen and oxygen atoms in total. The molecule has 3 amide bonds. The second-order valence-corrected chi connectivity index (χ2v) is 17.8. The van der Waals surface area contributed by atoms with E-state index in [1.165, 1.54) is 16.0 Å². The summed E-state index contributed by atoms with van der Waals surface area (Å²) in [4.78, 5) is 41.2. The molecule has 2 aliphatic carbocycles. The first kappa shape index (κ1) is 38.1. The zero-order valence-electron chi connectivity index (χ0n) is 30.6. The number of ether oxygens (including phenoxy) is 1. The first-order chi connectivity index (χ1) is 22.5. The Bertz CT molecular complexity index is 1430. The Hall–Kier alpha value is -2.66. The lowest BCUT2D eigenvalue weighted by molar-refractivity contribution is -0.138. The van der Waals surface area contributed by atoms with Crippen LogP contribution in [0.15, 0.2) is 24.3 Å². The molecule has 3 atom stereocenters. The lowest BCUT2D eigenvalue weighted by Gasteiger charge is -2.46. The van der Waals surface area contributed by atoms with Crippen molar-refractivity contribution in [2.24, 2.45) is 11.3 Å². The molecular weight excluding hydrogens is 628 g/mol. The topological polar surface area (TPSA) is 125 Å². The number of rotatable bonds is 7. The van der Waals surface area contributed by atoms with Gasteiger partial charge < -0.3 is 20.3 Å². The van der Waals surface area contributed by atoms with Crippen LogP contribution in [0.4, 0.5) is 4.79 Å². The third-order valence-electron chi connectivity index (χ3n) is 11.6. The minimum absolute atomic E-state index is 0.0472. The highest BCUT2D eigenvalue weighted by Crippen LogP contribution is 2.51. The van der Waals surface area contributed by atoms with E-state index < -0.39 is 38.7 Å². The minimum atomic E-state index is -3.70. The number of hydrogen-bond acceptors (Lipinski definition) is 6. The Balaban J connectivity index is 0.00000255. The van der Waals surface area contributed by atoms with Crippen LogP contribution in [0.1, 0.15) is 118 Å². The third kappa shape index (κ3) is 8.03.